The van der Waals surface area contributed by atoms with Crippen molar-refractivity contribution in [1.82, 2.24) is 9.78 Å². The number of ether oxygens (including phenoxy) is 1. The van der Waals surface area contributed by atoms with Gasteiger partial charge < -0.3 is 15.8 Å². The largest absolute Gasteiger partial charge is 0.399 e. The number of hydrogen-bond donors (Lipinski definition) is 2. The minimum Gasteiger partial charge on any atom is -0.399 e. The van der Waals surface area contributed by atoms with Crippen molar-refractivity contribution in [3.8, 4) is 0 Å². The number of rotatable bonds is 6. The Balaban J connectivity index is 0.00000220. The zero-order valence-electron chi connectivity index (χ0n) is 11.8. The second-order valence-corrected chi connectivity index (χ2v) is 4.42. The lowest BCUT2D eigenvalue weighted by Crippen LogP contribution is -2.15. The number of anilines is 2. The predicted molar refractivity (Wildman–Crippen MR) is 84.5 cm³/mol. The molecule has 0 aliphatic heterocycles. The first-order valence-corrected chi connectivity index (χ1v) is 6.34. The molecule has 1 amide bonds. The molecule has 0 unspecified atom stereocenters. The van der Waals surface area contributed by atoms with Crippen LogP contribution in [0.25, 0.3) is 0 Å². The zero-order chi connectivity index (χ0) is 14.4. The maximum atomic E-state index is 11.9. The molecule has 0 atom stereocenters. The van der Waals surface area contributed by atoms with Gasteiger partial charge in [-0.15, -0.1) is 12.4 Å². The number of carbonyl (C=O) groups is 1. The van der Waals surface area contributed by atoms with Crippen LogP contribution in [-0.4, -0.2) is 29.4 Å². The van der Waals surface area contributed by atoms with Crippen LogP contribution in [0.15, 0.2) is 36.5 Å². The zero-order valence-corrected chi connectivity index (χ0v) is 12.6. The fraction of sp³-hybridized carbons (Fsp3) is 0.286. The summed E-state index contributed by atoms with van der Waals surface area (Å²) in [5, 5.41) is 6.99. The van der Waals surface area contributed by atoms with Crippen LogP contribution in [0.5, 0.6) is 0 Å². The number of nitrogens with zero attached hydrogens (tertiary/aromatic N) is 2. The number of benzene rings is 1. The molecule has 0 fully saturated rings. The summed E-state index contributed by atoms with van der Waals surface area (Å²) >= 11 is 0. The minimum absolute atomic E-state index is 0. The van der Waals surface area contributed by atoms with Crippen LogP contribution in [0.4, 0.5) is 11.5 Å². The number of hydrogen-bond acceptors (Lipinski definition) is 4. The van der Waals surface area contributed by atoms with Gasteiger partial charge in [0.15, 0.2) is 5.82 Å². The van der Waals surface area contributed by atoms with E-state index >= 15 is 0 Å². The van der Waals surface area contributed by atoms with Crippen LogP contribution in [-0.2, 0) is 22.5 Å². The molecule has 3 N–H and O–H groups in total. The molecule has 1 aromatic heterocycles. The van der Waals surface area contributed by atoms with Crippen molar-refractivity contribution in [2.45, 2.75) is 13.0 Å². The van der Waals surface area contributed by atoms with Gasteiger partial charge in [0.25, 0.3) is 0 Å². The molecule has 21 heavy (non-hydrogen) atoms. The number of nitrogens with two attached hydrogens (primary N) is 1. The Kier molecular flexibility index (Phi) is 6.71. The van der Waals surface area contributed by atoms with Crippen molar-refractivity contribution < 1.29 is 9.53 Å². The van der Waals surface area contributed by atoms with E-state index in [2.05, 4.69) is 10.4 Å². The van der Waals surface area contributed by atoms with Crippen molar-refractivity contribution in [2.75, 3.05) is 24.8 Å². The molecule has 0 bridgehead atoms. The second-order valence-electron chi connectivity index (χ2n) is 4.42. The van der Waals surface area contributed by atoms with E-state index in [1.54, 1.807) is 36.2 Å². The maximum Gasteiger partial charge on any atom is 0.229 e. The Labute approximate surface area is 129 Å². The third kappa shape index (κ3) is 5.45. The van der Waals surface area contributed by atoms with Crippen LogP contribution in [0.3, 0.4) is 0 Å². The Hall–Kier alpha value is -2.05. The summed E-state index contributed by atoms with van der Waals surface area (Å²) in [6.45, 7) is 1.24. The van der Waals surface area contributed by atoms with E-state index in [4.69, 9.17) is 10.5 Å². The summed E-state index contributed by atoms with van der Waals surface area (Å²) < 4.78 is 6.69. The molecule has 0 aliphatic rings. The molecular weight excluding hydrogens is 292 g/mol. The van der Waals surface area contributed by atoms with Crippen molar-refractivity contribution in [3.63, 3.8) is 0 Å². The fourth-order valence-electron chi connectivity index (χ4n) is 1.75. The average molecular weight is 311 g/mol. The normalized spacial score (nSPS) is 9.95. The molecule has 0 saturated carbocycles. The molecule has 1 aromatic carbocycles. The van der Waals surface area contributed by atoms with Crippen molar-refractivity contribution >= 4 is 29.8 Å². The first-order chi connectivity index (χ1) is 9.67. The molecule has 0 saturated heterocycles. The van der Waals surface area contributed by atoms with Gasteiger partial charge in [-0.3, -0.25) is 9.48 Å². The first-order valence-electron chi connectivity index (χ1n) is 6.34. The Morgan fingerprint density at radius 2 is 2.05 bits per heavy atom. The molecule has 114 valence electrons. The van der Waals surface area contributed by atoms with E-state index in [0.717, 1.165) is 5.56 Å². The van der Waals surface area contributed by atoms with E-state index in [1.807, 2.05) is 12.1 Å². The summed E-state index contributed by atoms with van der Waals surface area (Å²) in [5.74, 6) is 0.438. The van der Waals surface area contributed by atoms with Gasteiger partial charge >= 0.3 is 0 Å². The van der Waals surface area contributed by atoms with Gasteiger partial charge in [0.1, 0.15) is 0 Å². The summed E-state index contributed by atoms with van der Waals surface area (Å²) in [7, 11) is 1.64. The lowest BCUT2D eigenvalue weighted by molar-refractivity contribution is -0.115. The number of carbonyl (C=O) groups excluding carboxylic acids is 1. The number of aromatic nitrogens is 2. The van der Waals surface area contributed by atoms with Crippen molar-refractivity contribution in [3.05, 3.63) is 42.1 Å². The van der Waals surface area contributed by atoms with E-state index in [1.165, 1.54) is 0 Å². The molecule has 2 aromatic rings. The highest BCUT2D eigenvalue weighted by Gasteiger charge is 2.06. The topological polar surface area (TPSA) is 82.2 Å². The standard InChI is InChI=1S/C14H18N4O2.ClH/c1-20-9-8-18-7-6-13(17-18)16-14(19)10-11-2-4-12(15)5-3-11;/h2-7H,8-10,15H2,1H3,(H,16,17,19);1H. The van der Waals surface area contributed by atoms with E-state index in [0.29, 0.717) is 31.1 Å². The fourth-order valence-corrected chi connectivity index (χ4v) is 1.75. The van der Waals surface area contributed by atoms with Gasteiger partial charge in [0.2, 0.25) is 5.91 Å². The minimum atomic E-state index is -0.105. The Morgan fingerprint density at radius 1 is 1.33 bits per heavy atom. The maximum absolute atomic E-state index is 11.9. The molecular formula is C14H19ClN4O2. The van der Waals surface area contributed by atoms with E-state index in [-0.39, 0.29) is 18.3 Å². The van der Waals surface area contributed by atoms with Crippen molar-refractivity contribution in [1.29, 1.82) is 0 Å². The summed E-state index contributed by atoms with van der Waals surface area (Å²) in [6, 6.07) is 9.00. The van der Waals surface area contributed by atoms with Gasteiger partial charge in [0, 0.05) is 25.1 Å². The summed E-state index contributed by atoms with van der Waals surface area (Å²) in [4.78, 5) is 11.9. The number of nitrogens with one attached hydrogen (secondary N) is 1. The lowest BCUT2D eigenvalue weighted by Gasteiger charge is -2.03. The lowest BCUT2D eigenvalue weighted by atomic mass is 10.1. The second kappa shape index (κ2) is 8.28. The molecule has 2 rings (SSSR count). The van der Waals surface area contributed by atoms with Crippen LogP contribution in [0, 0.1) is 0 Å². The third-order valence-electron chi connectivity index (χ3n) is 2.78. The molecule has 1 heterocycles. The van der Waals surface area contributed by atoms with E-state index < -0.39 is 0 Å². The van der Waals surface area contributed by atoms with Gasteiger partial charge in [-0.25, -0.2) is 0 Å². The third-order valence-corrected chi connectivity index (χ3v) is 2.78. The molecule has 7 heteroatoms. The first kappa shape index (κ1) is 17.0. The highest BCUT2D eigenvalue weighted by molar-refractivity contribution is 5.91. The monoisotopic (exact) mass is 310 g/mol. The van der Waals surface area contributed by atoms with Crippen LogP contribution < -0.4 is 11.1 Å². The molecule has 6 nitrogen and oxygen atoms in total. The van der Waals surface area contributed by atoms with Crippen LogP contribution in [0.2, 0.25) is 0 Å². The molecule has 0 aliphatic carbocycles. The summed E-state index contributed by atoms with van der Waals surface area (Å²) in [5.41, 5.74) is 7.20. The van der Waals surface area contributed by atoms with Gasteiger partial charge in [0.05, 0.1) is 19.6 Å². The summed E-state index contributed by atoms with van der Waals surface area (Å²) in [6.07, 6.45) is 2.10. The molecule has 0 spiro atoms. The van der Waals surface area contributed by atoms with E-state index in [9.17, 15) is 4.79 Å². The quantitative estimate of drug-likeness (QED) is 0.796. The smallest absolute Gasteiger partial charge is 0.229 e. The van der Waals surface area contributed by atoms with Gasteiger partial charge in [-0.05, 0) is 17.7 Å². The number of amides is 1. The van der Waals surface area contributed by atoms with Crippen LogP contribution >= 0.6 is 12.4 Å². The Morgan fingerprint density at radius 3 is 2.71 bits per heavy atom. The SMILES string of the molecule is COCCn1ccc(NC(=O)Cc2ccc(N)cc2)n1.Cl. The number of halogens is 1. The average Bonchev–Trinajstić information content (AvgIpc) is 2.86. The highest BCUT2D eigenvalue weighted by atomic mass is 35.5. The predicted octanol–water partition coefficient (Wildman–Crippen LogP) is 1.71. The number of nitrogen functional groups attached to an aromatic ring is 1. The van der Waals surface area contributed by atoms with Crippen LogP contribution in [0.1, 0.15) is 5.56 Å². The highest BCUT2D eigenvalue weighted by Crippen LogP contribution is 2.08. The molecule has 0 radical (unpaired) electrons. The Bertz CT molecular complexity index is 569. The number of methoxy groups -OCH3 is 1. The van der Waals surface area contributed by atoms with Gasteiger partial charge in [-0.1, -0.05) is 12.1 Å². The van der Waals surface area contributed by atoms with Crippen molar-refractivity contribution in [2.24, 2.45) is 0 Å². The van der Waals surface area contributed by atoms with Gasteiger partial charge in [-0.2, -0.15) is 5.10 Å².